The van der Waals surface area contributed by atoms with E-state index in [-0.39, 0.29) is 19.1 Å². The van der Waals surface area contributed by atoms with Crippen LogP contribution < -0.4 is 0 Å². The molecule has 2 atom stereocenters. The van der Waals surface area contributed by atoms with Gasteiger partial charge in [-0.2, -0.15) is 5.10 Å². The van der Waals surface area contributed by atoms with E-state index >= 15 is 0 Å². The van der Waals surface area contributed by atoms with Gasteiger partial charge in [-0.1, -0.05) is 0 Å². The lowest BCUT2D eigenvalue weighted by molar-refractivity contribution is -0.134. The Morgan fingerprint density at radius 2 is 2.35 bits per heavy atom. The average Bonchev–Trinajstić information content (AvgIpc) is 2.80. The zero-order chi connectivity index (χ0) is 12.8. The number of carbonyl (C=O) groups excluding carboxylic acids is 1. The molecule has 0 aliphatic heterocycles. The maximum absolute atomic E-state index is 12.0. The Bertz CT molecular complexity index is 341. The van der Waals surface area contributed by atoms with Gasteiger partial charge in [-0.05, 0) is 6.92 Å². The van der Waals surface area contributed by atoms with Crippen LogP contribution in [0.15, 0.2) is 12.7 Å². The van der Waals surface area contributed by atoms with Crippen molar-refractivity contribution >= 4 is 5.91 Å². The molecule has 0 saturated heterocycles. The minimum Gasteiger partial charge on any atom is -0.389 e. The van der Waals surface area contributed by atoms with Crippen LogP contribution in [0.4, 0.5) is 0 Å². The molecule has 0 aliphatic carbocycles. The molecule has 1 amide bonds. The molecular weight excluding hydrogens is 224 g/mol. The molecule has 1 heterocycles. The van der Waals surface area contributed by atoms with Gasteiger partial charge >= 0.3 is 0 Å². The molecule has 1 aromatic rings. The standard InChI is InChI=1S/C10H18N4O3/c1-8(14-7-11-6-12-14)10(16)13(2)4-9(15)5-17-3/h6-9,15H,4-5H2,1-3H3. The molecule has 7 nitrogen and oxygen atoms in total. The van der Waals surface area contributed by atoms with Crippen LogP contribution in [0.5, 0.6) is 0 Å². The van der Waals surface area contributed by atoms with Gasteiger partial charge in [0.15, 0.2) is 0 Å². The summed E-state index contributed by atoms with van der Waals surface area (Å²) < 4.78 is 6.28. The van der Waals surface area contributed by atoms with Crippen molar-refractivity contribution in [3.05, 3.63) is 12.7 Å². The number of rotatable bonds is 6. The van der Waals surface area contributed by atoms with Crippen LogP contribution in [0.3, 0.4) is 0 Å². The summed E-state index contributed by atoms with van der Waals surface area (Å²) in [7, 11) is 3.14. The number of nitrogens with zero attached hydrogens (tertiary/aromatic N) is 4. The Labute approximate surface area is 100 Å². The predicted octanol–water partition coefficient (Wildman–Crippen LogP) is -0.695. The Morgan fingerprint density at radius 3 is 2.88 bits per heavy atom. The molecule has 1 N–H and O–H groups in total. The number of aliphatic hydroxyl groups excluding tert-OH is 1. The van der Waals surface area contributed by atoms with E-state index in [1.165, 1.54) is 29.3 Å². The number of aromatic nitrogens is 3. The summed E-state index contributed by atoms with van der Waals surface area (Å²) in [5.41, 5.74) is 0. The number of amides is 1. The molecule has 17 heavy (non-hydrogen) atoms. The Hall–Kier alpha value is -1.47. The zero-order valence-corrected chi connectivity index (χ0v) is 10.3. The van der Waals surface area contributed by atoms with E-state index < -0.39 is 12.1 Å². The Balaban J connectivity index is 2.52. The molecule has 0 fully saturated rings. The summed E-state index contributed by atoms with van der Waals surface area (Å²) in [4.78, 5) is 17.2. The first-order chi connectivity index (χ1) is 8.06. The molecule has 0 aliphatic rings. The van der Waals surface area contributed by atoms with E-state index in [9.17, 15) is 9.90 Å². The van der Waals surface area contributed by atoms with Gasteiger partial charge < -0.3 is 14.7 Å². The van der Waals surface area contributed by atoms with Crippen LogP contribution >= 0.6 is 0 Å². The van der Waals surface area contributed by atoms with Crippen LogP contribution in [-0.2, 0) is 9.53 Å². The summed E-state index contributed by atoms with van der Waals surface area (Å²) in [5, 5.41) is 13.4. The van der Waals surface area contributed by atoms with Crippen LogP contribution in [0.2, 0.25) is 0 Å². The maximum Gasteiger partial charge on any atom is 0.247 e. The molecule has 0 saturated carbocycles. The van der Waals surface area contributed by atoms with Gasteiger partial charge in [-0.15, -0.1) is 0 Å². The number of likely N-dealkylation sites (N-methyl/N-ethyl adjacent to an activating group) is 1. The molecule has 0 spiro atoms. The second-order valence-electron chi connectivity index (χ2n) is 3.88. The van der Waals surface area contributed by atoms with Crippen molar-refractivity contribution < 1.29 is 14.6 Å². The van der Waals surface area contributed by atoms with E-state index in [4.69, 9.17) is 4.74 Å². The fourth-order valence-electron chi connectivity index (χ4n) is 1.50. The van der Waals surface area contributed by atoms with E-state index in [0.29, 0.717) is 0 Å². The first kappa shape index (κ1) is 13.6. The normalized spacial score (nSPS) is 14.4. The van der Waals surface area contributed by atoms with Crippen molar-refractivity contribution in [1.29, 1.82) is 0 Å². The van der Waals surface area contributed by atoms with Crippen molar-refractivity contribution in [1.82, 2.24) is 19.7 Å². The van der Waals surface area contributed by atoms with Crippen molar-refractivity contribution in [2.24, 2.45) is 0 Å². The highest BCUT2D eigenvalue weighted by Crippen LogP contribution is 2.06. The number of aliphatic hydroxyl groups is 1. The average molecular weight is 242 g/mol. The highest BCUT2D eigenvalue weighted by Gasteiger charge is 2.21. The summed E-state index contributed by atoms with van der Waals surface area (Å²) in [6.45, 7) is 2.16. The second-order valence-corrected chi connectivity index (χ2v) is 3.88. The Kier molecular flexibility index (Phi) is 5.05. The van der Waals surface area contributed by atoms with Crippen LogP contribution in [0, 0.1) is 0 Å². The molecule has 1 aromatic heterocycles. The lowest BCUT2D eigenvalue weighted by Gasteiger charge is -2.23. The summed E-state index contributed by atoms with van der Waals surface area (Å²) in [5.74, 6) is -0.134. The quantitative estimate of drug-likeness (QED) is 0.714. The first-order valence-corrected chi connectivity index (χ1v) is 5.32. The van der Waals surface area contributed by atoms with E-state index in [0.717, 1.165) is 0 Å². The molecule has 0 bridgehead atoms. The van der Waals surface area contributed by atoms with E-state index in [1.54, 1.807) is 14.0 Å². The number of ether oxygens (including phenoxy) is 1. The third-order valence-electron chi connectivity index (χ3n) is 2.41. The van der Waals surface area contributed by atoms with Crippen LogP contribution in [0.1, 0.15) is 13.0 Å². The molecule has 96 valence electrons. The third-order valence-corrected chi connectivity index (χ3v) is 2.41. The monoisotopic (exact) mass is 242 g/mol. The van der Waals surface area contributed by atoms with Gasteiger partial charge in [-0.25, -0.2) is 9.67 Å². The van der Waals surface area contributed by atoms with Gasteiger partial charge in [0, 0.05) is 20.7 Å². The maximum atomic E-state index is 12.0. The molecule has 0 aromatic carbocycles. The van der Waals surface area contributed by atoms with Crippen molar-refractivity contribution in [2.75, 3.05) is 27.3 Å². The van der Waals surface area contributed by atoms with Crippen molar-refractivity contribution in [2.45, 2.75) is 19.1 Å². The highest BCUT2D eigenvalue weighted by atomic mass is 16.5. The van der Waals surface area contributed by atoms with Crippen LogP contribution in [-0.4, -0.2) is 64.1 Å². The van der Waals surface area contributed by atoms with Crippen LogP contribution in [0.25, 0.3) is 0 Å². The number of hydrogen-bond donors (Lipinski definition) is 1. The van der Waals surface area contributed by atoms with Crippen molar-refractivity contribution in [3.63, 3.8) is 0 Å². The zero-order valence-electron chi connectivity index (χ0n) is 10.3. The third kappa shape index (κ3) is 3.79. The molecular formula is C10H18N4O3. The van der Waals surface area contributed by atoms with Gasteiger partial charge in [0.05, 0.1) is 12.7 Å². The van der Waals surface area contributed by atoms with Gasteiger partial charge in [0.2, 0.25) is 5.91 Å². The topological polar surface area (TPSA) is 80.5 Å². The molecule has 2 unspecified atom stereocenters. The van der Waals surface area contributed by atoms with Gasteiger partial charge in [0.1, 0.15) is 18.7 Å². The fraction of sp³-hybridized carbons (Fsp3) is 0.700. The summed E-state index contributed by atoms with van der Waals surface area (Å²) >= 11 is 0. The Morgan fingerprint density at radius 1 is 1.65 bits per heavy atom. The minimum absolute atomic E-state index is 0.134. The predicted molar refractivity (Wildman–Crippen MR) is 60.3 cm³/mol. The smallest absolute Gasteiger partial charge is 0.247 e. The minimum atomic E-state index is -0.683. The molecule has 1 rings (SSSR count). The molecule has 7 heteroatoms. The lowest BCUT2D eigenvalue weighted by Crippen LogP contribution is -2.39. The SMILES string of the molecule is COCC(O)CN(C)C(=O)C(C)n1cncn1. The van der Waals surface area contributed by atoms with Gasteiger partial charge in [-0.3, -0.25) is 4.79 Å². The largest absolute Gasteiger partial charge is 0.389 e. The first-order valence-electron chi connectivity index (χ1n) is 5.32. The highest BCUT2D eigenvalue weighted by molar-refractivity contribution is 5.79. The summed E-state index contributed by atoms with van der Waals surface area (Å²) in [6, 6.07) is -0.433. The fourth-order valence-corrected chi connectivity index (χ4v) is 1.50. The van der Waals surface area contributed by atoms with Crippen molar-refractivity contribution in [3.8, 4) is 0 Å². The van der Waals surface area contributed by atoms with E-state index in [1.807, 2.05) is 0 Å². The summed E-state index contributed by atoms with van der Waals surface area (Å²) in [6.07, 6.45) is 2.18. The number of methoxy groups -OCH3 is 1. The molecule has 0 radical (unpaired) electrons. The van der Waals surface area contributed by atoms with E-state index in [2.05, 4.69) is 10.1 Å². The van der Waals surface area contributed by atoms with Gasteiger partial charge in [0.25, 0.3) is 0 Å². The number of carbonyl (C=O) groups is 1. The number of hydrogen-bond acceptors (Lipinski definition) is 5. The lowest BCUT2D eigenvalue weighted by atomic mass is 10.2. The second kappa shape index (κ2) is 6.31.